The summed E-state index contributed by atoms with van der Waals surface area (Å²) in [6, 6.07) is 8.49. The van der Waals surface area contributed by atoms with Gasteiger partial charge in [0.1, 0.15) is 13.6 Å². The molecule has 1 amide bonds. The second-order valence-corrected chi connectivity index (χ2v) is 13.4. The molecule has 3 atom stereocenters. The fraction of sp³-hybridized carbons (Fsp3) is 0.571. The van der Waals surface area contributed by atoms with E-state index in [1.807, 2.05) is 10.6 Å². The summed E-state index contributed by atoms with van der Waals surface area (Å²) < 4.78 is 28.1. The number of amides is 1. The molecule has 10 heteroatoms. The van der Waals surface area contributed by atoms with E-state index in [-0.39, 0.29) is 12.5 Å². The number of morpholine rings is 1. The van der Waals surface area contributed by atoms with E-state index >= 15 is 0 Å². The van der Waals surface area contributed by atoms with Crippen molar-refractivity contribution in [2.24, 2.45) is 0 Å². The molecular weight excluding hydrogens is 568 g/mol. The van der Waals surface area contributed by atoms with Gasteiger partial charge in [-0.2, -0.15) is 0 Å². The summed E-state index contributed by atoms with van der Waals surface area (Å²) in [5, 5.41) is 9.26. The minimum atomic E-state index is -1.88. The van der Waals surface area contributed by atoms with Crippen molar-refractivity contribution in [1.82, 2.24) is 19.7 Å². The first kappa shape index (κ1) is 31.6. The molecule has 2 bridgehead atoms. The van der Waals surface area contributed by atoms with Gasteiger partial charge in [-0.1, -0.05) is 12.0 Å². The van der Waals surface area contributed by atoms with Crippen molar-refractivity contribution in [3.05, 3.63) is 46.1 Å². The van der Waals surface area contributed by atoms with Gasteiger partial charge in [-0.05, 0) is 75.6 Å². The third kappa shape index (κ3) is 7.20. The molecule has 3 unspecified atom stereocenters. The zero-order valence-corrected chi connectivity index (χ0v) is 27.0. The Balaban J connectivity index is 1.17. The van der Waals surface area contributed by atoms with Gasteiger partial charge in [-0.3, -0.25) is 14.1 Å². The van der Waals surface area contributed by atoms with Crippen LogP contribution in [0.1, 0.15) is 67.9 Å². The van der Waals surface area contributed by atoms with E-state index in [9.17, 15) is 9.18 Å². The zero-order chi connectivity index (χ0) is 31.7. The number of hydrogen-bond donors (Lipinski definition) is 2. The lowest BCUT2D eigenvalue weighted by Gasteiger charge is -2.50. The summed E-state index contributed by atoms with van der Waals surface area (Å²) in [6.07, 6.45) is 10.9. The maximum atomic E-state index is 14.8. The van der Waals surface area contributed by atoms with Crippen molar-refractivity contribution in [3.63, 3.8) is 0 Å². The average Bonchev–Trinajstić information content (AvgIpc) is 3.35. The van der Waals surface area contributed by atoms with Crippen LogP contribution < -0.4 is 25.9 Å². The Bertz CT molecular complexity index is 1580. The lowest BCUT2D eigenvalue weighted by Crippen LogP contribution is -2.60. The Hall–Kier alpha value is -3.42. The molecule has 238 valence electrons. The minimum Gasteiger partial charge on any atom is -0.495 e. The molecule has 2 aromatic rings. The number of alkyl halides is 1. The number of hydrogen-bond acceptors (Lipinski definition) is 6. The van der Waals surface area contributed by atoms with E-state index in [4.69, 9.17) is 17.3 Å². The lowest BCUT2D eigenvalue weighted by atomic mass is 9.85. The van der Waals surface area contributed by atoms with Crippen LogP contribution in [0, 0.1) is 11.8 Å². The molecule has 2 radical (unpaired) electrons. The van der Waals surface area contributed by atoms with Gasteiger partial charge in [0, 0.05) is 74.1 Å². The van der Waals surface area contributed by atoms with E-state index < -0.39 is 5.57 Å². The fourth-order valence-electron chi connectivity index (χ4n) is 7.27. The molecule has 7 rings (SSSR count). The molecule has 3 saturated heterocycles. The molecule has 3 aliphatic heterocycles. The van der Waals surface area contributed by atoms with Crippen LogP contribution in [0.2, 0.25) is 0 Å². The molecule has 4 heterocycles. The number of ether oxygens (including phenoxy) is 2. The lowest BCUT2D eigenvalue weighted by molar-refractivity contribution is -0.189. The van der Waals surface area contributed by atoms with Gasteiger partial charge in [0.2, 0.25) is 0 Å². The number of methoxy groups -OCH3 is 1. The second kappa shape index (κ2) is 13.1. The minimum absolute atomic E-state index is 0.0192. The van der Waals surface area contributed by atoms with Crippen molar-refractivity contribution >= 4 is 31.2 Å². The standard InChI is InChI=1S/C35H45BFN5O3/c1-35(36,37)22-42-26(7-6-16-38-31-15-10-23(17-33(31)44-4)34(43)40(2)3)18-29-30(8-5-9-32(29)42)39-24-11-13-25(14-12-24)41-20-27-19-28(21-41)45-27/h9-10,15,17-18,24-25,27-28,38-39H,5,8,11-14,16,19-22H2,1-4H3. The third-order valence-corrected chi connectivity index (χ3v) is 9.48. The second-order valence-electron chi connectivity index (χ2n) is 13.4. The molecular formula is C35H45BFN5O3. The van der Waals surface area contributed by atoms with Crippen LogP contribution in [0.5, 0.6) is 5.75 Å². The molecule has 4 fully saturated rings. The zero-order valence-electron chi connectivity index (χ0n) is 27.0. The number of rotatable bonds is 9. The molecule has 2 aliphatic carbocycles. The molecule has 8 nitrogen and oxygen atoms in total. The number of halogens is 1. The summed E-state index contributed by atoms with van der Waals surface area (Å²) in [6.45, 7) is 3.95. The largest absolute Gasteiger partial charge is 0.495 e. The van der Waals surface area contributed by atoms with Crippen LogP contribution in [0.15, 0.2) is 24.3 Å². The summed E-state index contributed by atoms with van der Waals surface area (Å²) in [5.41, 5.74) is 1.37. The van der Waals surface area contributed by atoms with Crippen molar-refractivity contribution < 1.29 is 18.7 Å². The SMILES string of the molecule is [B]C(C)(F)Cn1c(C#CCNc2ccc(C(=O)N(C)C)cc2OC)cc2c1=CCCC=2NC1CCC(N2CC3CC(C2)O3)CC1. The Morgan fingerprint density at radius 2 is 1.93 bits per heavy atom. The van der Waals surface area contributed by atoms with E-state index in [1.165, 1.54) is 36.8 Å². The van der Waals surface area contributed by atoms with Crippen LogP contribution in [-0.4, -0.2) is 98.8 Å². The Kier molecular flexibility index (Phi) is 9.21. The average molecular weight is 614 g/mol. The highest BCUT2D eigenvalue weighted by molar-refractivity contribution is 6.14. The highest BCUT2D eigenvalue weighted by atomic mass is 19.1. The van der Waals surface area contributed by atoms with Crippen molar-refractivity contribution in [2.75, 3.05) is 46.2 Å². The number of anilines is 1. The summed E-state index contributed by atoms with van der Waals surface area (Å²) in [5.74, 6) is 6.94. The highest BCUT2D eigenvalue weighted by Gasteiger charge is 2.41. The Morgan fingerprint density at radius 3 is 2.60 bits per heavy atom. The maximum Gasteiger partial charge on any atom is 0.253 e. The predicted octanol–water partition coefficient (Wildman–Crippen LogP) is 2.57. The van der Waals surface area contributed by atoms with Gasteiger partial charge >= 0.3 is 0 Å². The van der Waals surface area contributed by atoms with Crippen LogP contribution in [0.3, 0.4) is 0 Å². The van der Waals surface area contributed by atoms with Gasteiger partial charge in [0.25, 0.3) is 5.91 Å². The van der Waals surface area contributed by atoms with Crippen molar-refractivity contribution in [1.29, 1.82) is 0 Å². The third-order valence-electron chi connectivity index (χ3n) is 9.48. The smallest absolute Gasteiger partial charge is 0.253 e. The van der Waals surface area contributed by atoms with Gasteiger partial charge in [0.05, 0.1) is 42.8 Å². The van der Waals surface area contributed by atoms with E-state index in [0.717, 1.165) is 60.7 Å². The molecule has 0 spiro atoms. The van der Waals surface area contributed by atoms with Crippen LogP contribution >= 0.6 is 0 Å². The number of carbonyl (C=O) groups is 1. The summed E-state index contributed by atoms with van der Waals surface area (Å²) >= 11 is 0. The summed E-state index contributed by atoms with van der Waals surface area (Å²) in [7, 11) is 10.9. The number of nitrogens with zero attached hydrogens (tertiary/aromatic N) is 3. The van der Waals surface area contributed by atoms with Crippen molar-refractivity contribution in [2.45, 2.75) is 88.3 Å². The van der Waals surface area contributed by atoms with Crippen LogP contribution in [0.4, 0.5) is 10.1 Å². The number of nitrogens with one attached hydrogen (secondary N) is 2. The number of piperidine rings is 1. The van der Waals surface area contributed by atoms with Gasteiger partial charge in [0.15, 0.2) is 0 Å². The first-order chi connectivity index (χ1) is 21.6. The van der Waals surface area contributed by atoms with E-state index in [2.05, 4.69) is 39.5 Å². The number of fused-ring (bicyclic) bond motifs is 3. The first-order valence-electron chi connectivity index (χ1n) is 16.3. The number of aromatic nitrogens is 1. The quantitative estimate of drug-likeness (QED) is 0.335. The van der Waals surface area contributed by atoms with Gasteiger partial charge < -0.3 is 29.6 Å². The number of carbonyl (C=O) groups excluding carboxylic acids is 1. The molecule has 1 aromatic carbocycles. The number of benzene rings is 1. The fourth-order valence-corrected chi connectivity index (χ4v) is 7.27. The van der Waals surface area contributed by atoms with Gasteiger partial charge in [-0.15, -0.1) is 0 Å². The topological polar surface area (TPSA) is 71.0 Å². The monoisotopic (exact) mass is 613 g/mol. The van der Waals surface area contributed by atoms with E-state index in [0.29, 0.717) is 42.1 Å². The van der Waals surface area contributed by atoms with Crippen LogP contribution in [0.25, 0.3) is 11.8 Å². The molecule has 45 heavy (non-hydrogen) atoms. The summed E-state index contributed by atoms with van der Waals surface area (Å²) in [4.78, 5) is 16.5. The van der Waals surface area contributed by atoms with Crippen LogP contribution in [-0.2, 0) is 11.3 Å². The molecule has 5 aliphatic rings. The maximum absolute atomic E-state index is 14.8. The Morgan fingerprint density at radius 1 is 1.20 bits per heavy atom. The molecule has 1 aromatic heterocycles. The highest BCUT2D eigenvalue weighted by Crippen LogP contribution is 2.33. The van der Waals surface area contributed by atoms with Gasteiger partial charge in [-0.25, -0.2) is 0 Å². The van der Waals surface area contributed by atoms with Crippen molar-refractivity contribution in [3.8, 4) is 17.6 Å². The normalized spacial score (nSPS) is 25.4. The molecule has 1 saturated carbocycles. The first-order valence-corrected chi connectivity index (χ1v) is 16.3. The van der Waals surface area contributed by atoms with E-state index in [1.54, 1.807) is 33.3 Å². The Labute approximate surface area is 267 Å². The molecule has 2 N–H and O–H groups in total. The predicted molar refractivity (Wildman–Crippen MR) is 176 cm³/mol.